The summed E-state index contributed by atoms with van der Waals surface area (Å²) in [5.74, 6) is 0. The highest BCUT2D eigenvalue weighted by Gasteiger charge is 2.20. The van der Waals surface area contributed by atoms with Gasteiger partial charge < -0.3 is 0 Å². The highest BCUT2D eigenvalue weighted by atomic mass is 31.1. The van der Waals surface area contributed by atoms with E-state index in [1.54, 1.807) is 0 Å². The lowest BCUT2D eigenvalue weighted by atomic mass is 10.1. The quantitative estimate of drug-likeness (QED) is 0.553. The Morgan fingerprint density at radius 2 is 0.800 bits per heavy atom. The fraction of sp³-hybridized carbons (Fsp3) is 1.00. The molecular formula is C14H26P. The first-order valence-corrected chi connectivity index (χ1v) is 8.18. The average Bonchev–Trinajstić information content (AvgIpc) is 2.75. The van der Waals surface area contributed by atoms with E-state index in [1.807, 2.05) is 8.58 Å². The van der Waals surface area contributed by atoms with Gasteiger partial charge in [-0.15, -0.1) is 0 Å². The second-order valence-corrected chi connectivity index (χ2v) is 7.20. The fourth-order valence-electron chi connectivity index (χ4n) is 3.11. The van der Waals surface area contributed by atoms with Gasteiger partial charge in [-0.1, -0.05) is 59.9 Å². The van der Waals surface area contributed by atoms with Gasteiger partial charge in [0.25, 0.3) is 0 Å². The molecule has 0 bridgehead atoms. The summed E-state index contributed by atoms with van der Waals surface area (Å²) in [7, 11) is 1.84. The molecule has 1 radical (unpaired) electrons. The van der Waals surface area contributed by atoms with E-state index in [4.69, 9.17) is 0 Å². The first-order chi connectivity index (χ1) is 7.45. The van der Waals surface area contributed by atoms with Crippen molar-refractivity contribution in [3.8, 4) is 0 Å². The molecule has 0 amide bonds. The van der Waals surface area contributed by atoms with Gasteiger partial charge in [0, 0.05) is 0 Å². The molecule has 2 fully saturated rings. The van der Waals surface area contributed by atoms with Crippen molar-refractivity contribution in [3.63, 3.8) is 0 Å². The van der Waals surface area contributed by atoms with Crippen LogP contribution in [0.4, 0.5) is 0 Å². The highest BCUT2D eigenvalue weighted by molar-refractivity contribution is 7.39. The van der Waals surface area contributed by atoms with E-state index in [1.165, 1.54) is 77.0 Å². The maximum Gasteiger partial charge on any atom is -0.0168 e. The lowest BCUT2D eigenvalue weighted by Gasteiger charge is -2.19. The summed E-state index contributed by atoms with van der Waals surface area (Å²) in [5.41, 5.74) is 2.17. The van der Waals surface area contributed by atoms with Gasteiger partial charge in [0.1, 0.15) is 0 Å². The molecule has 0 aromatic carbocycles. The number of hydrogen-bond acceptors (Lipinski definition) is 0. The summed E-state index contributed by atoms with van der Waals surface area (Å²) in [6.07, 6.45) is 18.3. The summed E-state index contributed by atoms with van der Waals surface area (Å²) in [6.45, 7) is 0. The molecule has 0 saturated heterocycles. The molecule has 0 nitrogen and oxygen atoms in total. The molecule has 0 N–H and O–H groups in total. The Hall–Kier alpha value is 0.430. The van der Waals surface area contributed by atoms with Gasteiger partial charge in [-0.05, 0) is 37.0 Å². The molecule has 0 aliphatic heterocycles. The molecule has 87 valence electrons. The second-order valence-electron chi connectivity index (χ2n) is 5.44. The third-order valence-electron chi connectivity index (χ3n) is 4.07. The van der Waals surface area contributed by atoms with Crippen LogP contribution >= 0.6 is 8.58 Å². The second kappa shape index (κ2) is 6.89. The lowest BCUT2D eigenvalue weighted by molar-refractivity contribution is 0.624. The Balaban J connectivity index is 1.72. The van der Waals surface area contributed by atoms with Crippen LogP contribution in [0, 0.1) is 0 Å². The van der Waals surface area contributed by atoms with Crippen LogP contribution in [-0.4, -0.2) is 11.3 Å². The minimum Gasteiger partial charge on any atom is -0.0741 e. The van der Waals surface area contributed by atoms with Gasteiger partial charge in [0.2, 0.25) is 0 Å². The van der Waals surface area contributed by atoms with Gasteiger partial charge in [-0.2, -0.15) is 0 Å². The van der Waals surface area contributed by atoms with Gasteiger partial charge in [-0.25, -0.2) is 0 Å². The summed E-state index contributed by atoms with van der Waals surface area (Å²) in [4.78, 5) is 0. The van der Waals surface area contributed by atoms with Crippen molar-refractivity contribution >= 4 is 8.58 Å². The van der Waals surface area contributed by atoms with E-state index in [0.29, 0.717) is 0 Å². The molecule has 0 aromatic rings. The number of hydrogen-bond donors (Lipinski definition) is 0. The normalized spacial score (nSPS) is 28.0. The third-order valence-corrected chi connectivity index (χ3v) is 5.95. The van der Waals surface area contributed by atoms with Crippen LogP contribution in [0.15, 0.2) is 0 Å². The lowest BCUT2D eigenvalue weighted by Crippen LogP contribution is -2.06. The van der Waals surface area contributed by atoms with E-state index in [-0.39, 0.29) is 0 Å². The van der Waals surface area contributed by atoms with Crippen molar-refractivity contribution in [2.24, 2.45) is 0 Å². The molecular weight excluding hydrogens is 199 g/mol. The van der Waals surface area contributed by atoms with Gasteiger partial charge in [0.15, 0.2) is 0 Å². The molecule has 15 heavy (non-hydrogen) atoms. The van der Waals surface area contributed by atoms with Gasteiger partial charge >= 0.3 is 0 Å². The molecule has 1 heteroatoms. The van der Waals surface area contributed by atoms with Gasteiger partial charge in [0.05, 0.1) is 0 Å². The number of rotatable bonds is 2. The monoisotopic (exact) mass is 225 g/mol. The first kappa shape index (κ1) is 11.9. The van der Waals surface area contributed by atoms with Crippen LogP contribution in [0.25, 0.3) is 0 Å². The third kappa shape index (κ3) is 4.43. The van der Waals surface area contributed by atoms with Crippen LogP contribution in [-0.2, 0) is 0 Å². The summed E-state index contributed by atoms with van der Waals surface area (Å²) in [6, 6.07) is 0. The minimum atomic E-state index is 1.08. The maximum absolute atomic E-state index is 1.84. The SMILES string of the molecule is C1CCCCC([P]C2CCCC2)CCC1. The molecule has 2 aliphatic carbocycles. The van der Waals surface area contributed by atoms with E-state index in [2.05, 4.69) is 0 Å². The van der Waals surface area contributed by atoms with E-state index >= 15 is 0 Å². The van der Waals surface area contributed by atoms with Crippen molar-refractivity contribution in [2.75, 3.05) is 0 Å². The minimum absolute atomic E-state index is 1.08. The predicted octanol–water partition coefficient (Wildman–Crippen LogP) is 5.38. The summed E-state index contributed by atoms with van der Waals surface area (Å²) < 4.78 is 0. The van der Waals surface area contributed by atoms with Crippen molar-refractivity contribution in [1.29, 1.82) is 0 Å². The van der Waals surface area contributed by atoms with Crippen LogP contribution in [0.1, 0.15) is 77.0 Å². The molecule has 0 heterocycles. The highest BCUT2D eigenvalue weighted by Crippen LogP contribution is 2.41. The van der Waals surface area contributed by atoms with Crippen molar-refractivity contribution < 1.29 is 0 Å². The zero-order valence-electron chi connectivity index (χ0n) is 10.1. The average molecular weight is 225 g/mol. The Morgan fingerprint density at radius 1 is 0.467 bits per heavy atom. The maximum atomic E-state index is 1.84. The Labute approximate surface area is 97.4 Å². The standard InChI is InChI=1S/C14H26P/c1-2-4-6-10-13(9-5-3-1)15-14-11-7-8-12-14/h13-14H,1-12H2. The predicted molar refractivity (Wildman–Crippen MR) is 69.9 cm³/mol. The summed E-state index contributed by atoms with van der Waals surface area (Å²) >= 11 is 0. The molecule has 0 unspecified atom stereocenters. The Bertz CT molecular complexity index is 151. The van der Waals surface area contributed by atoms with E-state index in [0.717, 1.165) is 11.3 Å². The zero-order valence-corrected chi connectivity index (χ0v) is 11.0. The largest absolute Gasteiger partial charge is 0.0741 e. The van der Waals surface area contributed by atoms with Crippen LogP contribution in [0.3, 0.4) is 0 Å². The fourth-order valence-corrected chi connectivity index (χ4v) is 5.03. The Morgan fingerprint density at radius 3 is 1.27 bits per heavy atom. The Kier molecular flexibility index (Phi) is 5.47. The van der Waals surface area contributed by atoms with Crippen molar-refractivity contribution in [3.05, 3.63) is 0 Å². The van der Waals surface area contributed by atoms with Crippen molar-refractivity contribution in [2.45, 2.75) is 88.4 Å². The molecule has 0 spiro atoms. The molecule has 0 aromatic heterocycles. The van der Waals surface area contributed by atoms with E-state index in [9.17, 15) is 0 Å². The van der Waals surface area contributed by atoms with Crippen LogP contribution in [0.5, 0.6) is 0 Å². The van der Waals surface area contributed by atoms with Crippen molar-refractivity contribution in [1.82, 2.24) is 0 Å². The molecule has 2 aliphatic rings. The molecule has 2 saturated carbocycles. The zero-order chi connectivity index (χ0) is 10.3. The van der Waals surface area contributed by atoms with Crippen LogP contribution < -0.4 is 0 Å². The molecule has 2 rings (SSSR count). The van der Waals surface area contributed by atoms with Crippen LogP contribution in [0.2, 0.25) is 0 Å². The van der Waals surface area contributed by atoms with Gasteiger partial charge in [-0.3, -0.25) is 0 Å². The first-order valence-electron chi connectivity index (χ1n) is 7.15. The topological polar surface area (TPSA) is 0 Å². The van der Waals surface area contributed by atoms with E-state index < -0.39 is 0 Å². The summed E-state index contributed by atoms with van der Waals surface area (Å²) in [5, 5.41) is 0. The smallest absolute Gasteiger partial charge is 0.0168 e. The molecule has 0 atom stereocenters.